The molecule has 9 rings (SSSR count). The van der Waals surface area contributed by atoms with Crippen molar-refractivity contribution in [1.29, 1.82) is 0 Å². The Kier molecular flexibility index (Phi) is 15.0. The van der Waals surface area contributed by atoms with Crippen molar-refractivity contribution in [3.63, 3.8) is 0 Å². The number of carboxylic acid groups (broad SMARTS) is 1. The Labute approximate surface area is 393 Å². The van der Waals surface area contributed by atoms with Gasteiger partial charge in [0.25, 0.3) is 12.4 Å². The van der Waals surface area contributed by atoms with Crippen LogP contribution in [0.2, 0.25) is 0 Å². The van der Waals surface area contributed by atoms with Gasteiger partial charge in [-0.3, -0.25) is 23.9 Å². The highest BCUT2D eigenvalue weighted by Crippen LogP contribution is 2.47. The van der Waals surface area contributed by atoms with Crippen LogP contribution in [-0.2, 0) is 40.4 Å². The molecular weight excluding hydrogens is 881 g/mol. The molecule has 2 aliphatic heterocycles. The minimum atomic E-state index is -4.01. The van der Waals surface area contributed by atoms with Gasteiger partial charge in [0.1, 0.15) is 35.6 Å². The highest BCUT2D eigenvalue weighted by Gasteiger charge is 2.63. The van der Waals surface area contributed by atoms with Crippen LogP contribution in [0.1, 0.15) is 128 Å². The van der Waals surface area contributed by atoms with Crippen molar-refractivity contribution in [3.8, 4) is 11.6 Å². The molecule has 0 radical (unpaired) electrons. The van der Waals surface area contributed by atoms with Crippen molar-refractivity contribution >= 4 is 51.2 Å². The molecule has 2 bridgehead atoms. The first kappa shape index (κ1) is 48.5. The van der Waals surface area contributed by atoms with Crippen LogP contribution >= 0.6 is 0 Å². The van der Waals surface area contributed by atoms with Gasteiger partial charge in [-0.1, -0.05) is 56.7 Å². The first-order chi connectivity index (χ1) is 32.3. The summed E-state index contributed by atoms with van der Waals surface area (Å²) in [6, 6.07) is 6.38. The van der Waals surface area contributed by atoms with Crippen molar-refractivity contribution in [2.75, 3.05) is 19.7 Å². The predicted molar refractivity (Wildman–Crippen MR) is 249 cm³/mol. The monoisotopic (exact) mass is 948 g/mol. The molecule has 17 nitrogen and oxygen atoms in total. The molecule has 3 heterocycles. The molecule has 7 aliphatic rings. The van der Waals surface area contributed by atoms with Gasteiger partial charge < -0.3 is 40.2 Å². The number of fused-ring (bicyclic) bond motifs is 5. The average molecular weight is 949 g/mol. The lowest BCUT2D eigenvalue weighted by atomic mass is 9.83. The Bertz CT molecular complexity index is 2280. The summed E-state index contributed by atoms with van der Waals surface area (Å²) in [7, 11) is -4.01. The van der Waals surface area contributed by atoms with Crippen LogP contribution in [0.5, 0.6) is 11.6 Å². The molecule has 6 fully saturated rings. The first-order valence-corrected chi connectivity index (χ1v) is 26.1. The molecule has 2 aromatic rings. The van der Waals surface area contributed by atoms with E-state index in [-0.39, 0.29) is 43.8 Å². The quantitative estimate of drug-likeness (QED) is 0.0959. The van der Waals surface area contributed by atoms with Crippen LogP contribution in [0.25, 0.3) is 10.9 Å². The molecule has 1 aromatic heterocycles. The number of amides is 4. The van der Waals surface area contributed by atoms with E-state index in [0.29, 0.717) is 43.3 Å². The van der Waals surface area contributed by atoms with E-state index < -0.39 is 68.2 Å². The highest BCUT2D eigenvalue weighted by molar-refractivity contribution is 7.91. The van der Waals surface area contributed by atoms with Gasteiger partial charge >= 0.3 is 6.09 Å². The fourth-order valence-corrected chi connectivity index (χ4v) is 11.7. The summed E-state index contributed by atoms with van der Waals surface area (Å²) in [5.41, 5.74) is -0.00107. The van der Waals surface area contributed by atoms with Crippen molar-refractivity contribution in [2.45, 2.75) is 170 Å². The van der Waals surface area contributed by atoms with E-state index in [9.17, 15) is 22.8 Å². The van der Waals surface area contributed by atoms with E-state index in [1.165, 1.54) is 24.2 Å². The van der Waals surface area contributed by atoms with Crippen molar-refractivity contribution in [1.82, 2.24) is 30.6 Å². The van der Waals surface area contributed by atoms with Gasteiger partial charge in [-0.2, -0.15) is 0 Å². The van der Waals surface area contributed by atoms with E-state index in [1.54, 1.807) is 13.0 Å². The summed E-state index contributed by atoms with van der Waals surface area (Å²) >= 11 is 0. The number of ether oxygens (including phenoxy) is 3. The number of sulfonamides is 1. The summed E-state index contributed by atoms with van der Waals surface area (Å²) in [6.07, 6.45) is 15.1. The van der Waals surface area contributed by atoms with E-state index in [4.69, 9.17) is 29.1 Å². The molecule has 5 saturated carbocycles. The zero-order chi connectivity index (χ0) is 47.3. The number of para-hydroxylation sites is 1. The summed E-state index contributed by atoms with van der Waals surface area (Å²) in [5.74, 6) is -1.14. The SMILES string of the molecule is C=C[C@@H]1C[C@]1(NC(=O)[C@@H]1C[C@@H]2CN1C(=O)[C@H](C1CCCCC1)NC(=O)O[C@@H]1C[C@H]1CCCCCc1c(nc3ccccc3c1OCCCNC1CCC1)O2)C(=O)NS(=O)(=O)C1(C)CC1.O=CO. The fraction of sp³-hybridized carbons (Fsp3) is 0.673. The number of hydrogen-bond donors (Lipinski definition) is 5. The van der Waals surface area contributed by atoms with Crippen LogP contribution in [0.15, 0.2) is 36.9 Å². The second-order valence-corrected chi connectivity index (χ2v) is 22.3. The van der Waals surface area contributed by atoms with Gasteiger partial charge in [0.05, 0.1) is 29.0 Å². The molecule has 1 saturated heterocycles. The molecular formula is C49H68N6O11S. The van der Waals surface area contributed by atoms with E-state index >= 15 is 4.79 Å². The number of carbonyl (C=O) groups excluding carboxylic acids is 4. The summed E-state index contributed by atoms with van der Waals surface area (Å²) < 4.78 is 47.2. The molecule has 0 unspecified atom stereocenters. The molecule has 1 aromatic carbocycles. The average Bonchev–Trinajstić information content (AvgIpc) is 4.26. The van der Waals surface area contributed by atoms with Crippen LogP contribution < -0.4 is 30.1 Å². The second kappa shape index (κ2) is 20.7. The zero-order valence-corrected chi connectivity index (χ0v) is 39.5. The number of aromatic nitrogens is 1. The summed E-state index contributed by atoms with van der Waals surface area (Å²) in [4.78, 5) is 72.2. The van der Waals surface area contributed by atoms with Crippen LogP contribution in [0.3, 0.4) is 0 Å². The molecule has 67 heavy (non-hydrogen) atoms. The highest BCUT2D eigenvalue weighted by atomic mass is 32.2. The minimum absolute atomic E-state index is 0.00928. The Morgan fingerprint density at radius 3 is 2.40 bits per heavy atom. The first-order valence-electron chi connectivity index (χ1n) is 24.6. The largest absolute Gasteiger partial charge is 0.492 e. The zero-order valence-electron chi connectivity index (χ0n) is 38.7. The Morgan fingerprint density at radius 1 is 1.00 bits per heavy atom. The Hall–Kier alpha value is -4.97. The molecule has 366 valence electrons. The molecule has 0 spiro atoms. The Balaban J connectivity index is 0.00000198. The number of benzene rings is 1. The van der Waals surface area contributed by atoms with Crippen LogP contribution in [0, 0.1) is 17.8 Å². The lowest BCUT2D eigenvalue weighted by Crippen LogP contribution is -2.59. The molecule has 5 aliphatic carbocycles. The third-order valence-electron chi connectivity index (χ3n) is 15.3. The fourth-order valence-electron chi connectivity index (χ4n) is 10.4. The topological polar surface area (TPSA) is 232 Å². The number of hydrogen-bond acceptors (Lipinski definition) is 12. The van der Waals surface area contributed by atoms with Crippen molar-refractivity contribution < 1.29 is 51.7 Å². The number of nitrogens with zero attached hydrogens (tertiary/aromatic N) is 2. The number of rotatable bonds is 13. The minimum Gasteiger partial charge on any atom is -0.492 e. The summed E-state index contributed by atoms with van der Waals surface area (Å²) in [5, 5.41) is 17.3. The maximum Gasteiger partial charge on any atom is 0.408 e. The third kappa shape index (κ3) is 11.0. The van der Waals surface area contributed by atoms with E-state index in [2.05, 4.69) is 27.3 Å². The van der Waals surface area contributed by atoms with Gasteiger partial charge in [-0.25, -0.2) is 18.2 Å². The number of pyridine rings is 1. The van der Waals surface area contributed by atoms with Crippen molar-refractivity contribution in [2.24, 2.45) is 17.8 Å². The van der Waals surface area contributed by atoms with Gasteiger partial charge in [0, 0.05) is 23.8 Å². The molecule has 5 N–H and O–H groups in total. The number of carbonyl (C=O) groups is 5. The normalized spacial score (nSPS) is 29.5. The predicted octanol–water partition coefficient (Wildman–Crippen LogP) is 5.43. The molecule has 4 amide bonds. The standard InChI is InChI=1S/C48H66N6O9S.CH2O2/c1-3-32-28-48(32,45(57)53-64(59,60)47(2)22-23-47)52-42(55)38-27-34-29-54(38)44(56)40(30-14-6-4-7-15-30)51-46(58)63-39-26-31(39)16-8-5-9-20-36-41(61-25-13-24-49-33-17-12-18-33)35-19-10-11-21-37(35)50-43(36)62-34;2-1-3/h3,10-11,19,21,30-34,38-40,49H,1,4-9,12-18,20,22-29H2,2H3,(H,51,58)(H,52,55)(H,53,57);1H,(H,2,3)/t31-,32-,34-,38+,39-,40+,48-;/m1./s1. The molecule has 7 atom stereocenters. The van der Waals surface area contributed by atoms with Gasteiger partial charge in [0.15, 0.2) is 0 Å². The summed E-state index contributed by atoms with van der Waals surface area (Å²) in [6.45, 7) is 6.58. The Morgan fingerprint density at radius 2 is 1.72 bits per heavy atom. The van der Waals surface area contributed by atoms with Crippen LogP contribution in [0.4, 0.5) is 4.79 Å². The lowest BCUT2D eigenvalue weighted by molar-refractivity contribution is -0.142. The van der Waals surface area contributed by atoms with Gasteiger partial charge in [-0.15, -0.1) is 6.58 Å². The van der Waals surface area contributed by atoms with Crippen molar-refractivity contribution in [3.05, 3.63) is 42.5 Å². The maximum atomic E-state index is 15.1. The smallest absolute Gasteiger partial charge is 0.408 e. The van der Waals surface area contributed by atoms with Gasteiger partial charge in [-0.05, 0) is 114 Å². The number of nitrogens with one attached hydrogen (secondary N) is 4. The van der Waals surface area contributed by atoms with Crippen LogP contribution in [-0.4, -0.2) is 114 Å². The lowest BCUT2D eigenvalue weighted by Gasteiger charge is -2.34. The van der Waals surface area contributed by atoms with E-state index in [1.807, 2.05) is 24.3 Å². The van der Waals surface area contributed by atoms with E-state index in [0.717, 1.165) is 93.9 Å². The third-order valence-corrected chi connectivity index (χ3v) is 17.5. The van der Waals surface area contributed by atoms with Gasteiger partial charge in [0.2, 0.25) is 27.7 Å². The maximum absolute atomic E-state index is 15.1. The second-order valence-electron chi connectivity index (χ2n) is 20.1. The molecule has 18 heteroatoms. The number of alkyl carbamates (subject to hydrolysis) is 1.